The largest absolute Gasteiger partial charge is 0.322 e. The molecule has 1 N–H and O–H groups in total. The van der Waals surface area contributed by atoms with Crippen LogP contribution in [0, 0.1) is 0 Å². The molecule has 24 heavy (non-hydrogen) atoms. The normalized spacial score (nSPS) is 19.1. The van der Waals surface area contributed by atoms with Crippen LogP contribution in [0.15, 0.2) is 41.8 Å². The Morgan fingerprint density at radius 1 is 1.29 bits per heavy atom. The third kappa shape index (κ3) is 4.28. The van der Waals surface area contributed by atoms with Crippen LogP contribution in [0.5, 0.6) is 0 Å². The first-order valence-electron chi connectivity index (χ1n) is 7.49. The molecule has 0 bridgehead atoms. The van der Waals surface area contributed by atoms with Crippen molar-refractivity contribution in [3.8, 4) is 0 Å². The first-order valence-corrected chi connectivity index (χ1v) is 10.6. The monoisotopic (exact) mass is 384 g/mol. The fourth-order valence-electron chi connectivity index (χ4n) is 2.69. The zero-order valence-electron chi connectivity index (χ0n) is 12.8. The van der Waals surface area contributed by atoms with Crippen molar-refractivity contribution in [2.24, 2.45) is 0 Å². The number of benzene rings is 1. The highest BCUT2D eigenvalue weighted by Crippen LogP contribution is 2.23. The highest BCUT2D eigenvalue weighted by molar-refractivity contribution is 7.91. The summed E-state index contributed by atoms with van der Waals surface area (Å²) in [4.78, 5) is 15.3. The minimum Gasteiger partial charge on any atom is -0.315 e. The summed E-state index contributed by atoms with van der Waals surface area (Å²) in [6, 6.07) is 10.1. The van der Waals surface area contributed by atoms with Gasteiger partial charge in [-0.05, 0) is 42.1 Å². The number of carbonyl (C=O) groups is 1. The number of anilines is 1. The van der Waals surface area contributed by atoms with E-state index in [0.717, 1.165) is 4.88 Å². The molecule has 128 valence electrons. The molecule has 3 rings (SSSR count). The van der Waals surface area contributed by atoms with Gasteiger partial charge in [0.15, 0.2) is 9.84 Å². The Bertz CT molecular complexity index is 804. The molecule has 2 aromatic rings. The summed E-state index contributed by atoms with van der Waals surface area (Å²) in [5.41, 5.74) is 0.626. The number of hydrogen-bond donors (Lipinski definition) is 1. The molecule has 1 aliphatic rings. The van der Waals surface area contributed by atoms with Crippen LogP contribution in [0.4, 0.5) is 10.5 Å². The van der Waals surface area contributed by atoms with Crippen LogP contribution >= 0.6 is 22.9 Å². The van der Waals surface area contributed by atoms with Crippen LogP contribution in [0.2, 0.25) is 5.02 Å². The predicted molar refractivity (Wildman–Crippen MR) is 97.4 cm³/mol. The molecule has 1 unspecified atom stereocenters. The Morgan fingerprint density at radius 2 is 2.04 bits per heavy atom. The second-order valence-corrected chi connectivity index (χ2v) is 9.40. The fourth-order valence-corrected chi connectivity index (χ4v) is 5.25. The summed E-state index contributed by atoms with van der Waals surface area (Å²) in [6.45, 7) is 0.400. The number of carbonyl (C=O) groups excluding carboxylic acids is 1. The molecule has 0 radical (unpaired) electrons. The van der Waals surface area contributed by atoms with E-state index < -0.39 is 9.84 Å². The van der Waals surface area contributed by atoms with Crippen molar-refractivity contribution < 1.29 is 13.2 Å². The van der Waals surface area contributed by atoms with E-state index in [1.807, 2.05) is 17.5 Å². The van der Waals surface area contributed by atoms with Gasteiger partial charge in [0.2, 0.25) is 0 Å². The lowest BCUT2D eigenvalue weighted by atomic mass is 10.2. The van der Waals surface area contributed by atoms with Gasteiger partial charge in [0.1, 0.15) is 0 Å². The van der Waals surface area contributed by atoms with Crippen LogP contribution in [-0.2, 0) is 16.4 Å². The minimum atomic E-state index is -3.07. The Morgan fingerprint density at radius 3 is 2.62 bits per heavy atom. The first-order chi connectivity index (χ1) is 11.4. The lowest BCUT2D eigenvalue weighted by molar-refractivity contribution is 0.191. The molecular weight excluding hydrogens is 368 g/mol. The van der Waals surface area contributed by atoms with E-state index in [9.17, 15) is 13.2 Å². The average Bonchev–Trinajstić information content (AvgIpc) is 3.16. The standard InChI is InChI=1S/C16H17ClN2O3S2/c17-12-3-5-13(6-4-12)18-16(20)19(10-15-2-1-8-23-15)14-7-9-24(21,22)11-14/h1-6,8,14H,7,9-11H2,(H,18,20). The molecule has 0 aliphatic carbocycles. The zero-order chi connectivity index (χ0) is 17.2. The van der Waals surface area contributed by atoms with Crippen LogP contribution in [0.3, 0.4) is 0 Å². The lowest BCUT2D eigenvalue weighted by Crippen LogP contribution is -2.42. The van der Waals surface area contributed by atoms with Crippen molar-refractivity contribution >= 4 is 44.5 Å². The maximum Gasteiger partial charge on any atom is 0.322 e. The van der Waals surface area contributed by atoms with E-state index in [2.05, 4.69) is 5.32 Å². The number of thiophene rings is 1. The Balaban J connectivity index is 1.78. The maximum atomic E-state index is 12.7. The molecule has 2 heterocycles. The highest BCUT2D eigenvalue weighted by Gasteiger charge is 2.34. The van der Waals surface area contributed by atoms with Crippen LogP contribution in [0.1, 0.15) is 11.3 Å². The number of nitrogens with zero attached hydrogens (tertiary/aromatic N) is 1. The van der Waals surface area contributed by atoms with E-state index in [4.69, 9.17) is 11.6 Å². The Kier molecular flexibility index (Phi) is 5.12. The van der Waals surface area contributed by atoms with Crippen molar-refractivity contribution in [3.05, 3.63) is 51.7 Å². The van der Waals surface area contributed by atoms with Crippen molar-refractivity contribution in [1.82, 2.24) is 4.90 Å². The van der Waals surface area contributed by atoms with Gasteiger partial charge in [0, 0.05) is 21.6 Å². The van der Waals surface area contributed by atoms with E-state index in [-0.39, 0.29) is 23.6 Å². The van der Waals surface area contributed by atoms with Gasteiger partial charge in [-0.2, -0.15) is 0 Å². The van der Waals surface area contributed by atoms with Gasteiger partial charge in [-0.3, -0.25) is 0 Å². The van der Waals surface area contributed by atoms with Gasteiger partial charge in [-0.1, -0.05) is 17.7 Å². The average molecular weight is 385 g/mol. The van der Waals surface area contributed by atoms with Gasteiger partial charge in [0.05, 0.1) is 18.1 Å². The van der Waals surface area contributed by atoms with E-state index >= 15 is 0 Å². The number of halogens is 1. The third-order valence-corrected chi connectivity index (χ3v) is 6.78. The zero-order valence-corrected chi connectivity index (χ0v) is 15.2. The molecule has 5 nitrogen and oxygen atoms in total. The molecular formula is C16H17ClN2O3S2. The summed E-state index contributed by atoms with van der Waals surface area (Å²) in [5, 5.41) is 5.35. The van der Waals surface area contributed by atoms with Crippen molar-refractivity contribution in [2.45, 2.75) is 19.0 Å². The van der Waals surface area contributed by atoms with Gasteiger partial charge in [0.25, 0.3) is 0 Å². The fraction of sp³-hybridized carbons (Fsp3) is 0.312. The summed E-state index contributed by atoms with van der Waals surface area (Å²) in [6.07, 6.45) is 0.474. The van der Waals surface area contributed by atoms with E-state index in [1.165, 1.54) is 0 Å². The molecule has 1 atom stereocenters. The molecule has 1 fully saturated rings. The summed E-state index contributed by atoms with van der Waals surface area (Å²) >= 11 is 7.40. The first kappa shape index (κ1) is 17.3. The number of nitrogens with one attached hydrogen (secondary N) is 1. The van der Waals surface area contributed by atoms with Gasteiger partial charge < -0.3 is 10.2 Å². The van der Waals surface area contributed by atoms with Gasteiger partial charge >= 0.3 is 6.03 Å². The second-order valence-electron chi connectivity index (χ2n) is 5.70. The number of amides is 2. The molecule has 8 heteroatoms. The highest BCUT2D eigenvalue weighted by atomic mass is 35.5. The second kappa shape index (κ2) is 7.13. The van der Waals surface area contributed by atoms with Crippen molar-refractivity contribution in [3.63, 3.8) is 0 Å². The molecule has 2 amide bonds. The topological polar surface area (TPSA) is 66.5 Å². The number of urea groups is 1. The van der Waals surface area contributed by atoms with Crippen LogP contribution < -0.4 is 5.32 Å². The quantitative estimate of drug-likeness (QED) is 0.875. The number of sulfone groups is 1. The summed E-state index contributed by atoms with van der Waals surface area (Å²) < 4.78 is 23.6. The van der Waals surface area contributed by atoms with E-state index in [1.54, 1.807) is 40.5 Å². The van der Waals surface area contributed by atoms with Gasteiger partial charge in [-0.15, -0.1) is 11.3 Å². The molecule has 0 spiro atoms. The molecule has 1 aliphatic heterocycles. The molecule has 1 aromatic carbocycles. The minimum absolute atomic E-state index is 0.0203. The summed E-state index contributed by atoms with van der Waals surface area (Å²) in [5.74, 6) is 0.152. The van der Waals surface area contributed by atoms with E-state index in [0.29, 0.717) is 23.7 Å². The smallest absolute Gasteiger partial charge is 0.315 e. The van der Waals surface area contributed by atoms with Crippen LogP contribution in [-0.4, -0.2) is 36.9 Å². The third-order valence-electron chi connectivity index (χ3n) is 3.91. The van der Waals surface area contributed by atoms with Crippen molar-refractivity contribution in [2.75, 3.05) is 16.8 Å². The number of rotatable bonds is 4. The predicted octanol–water partition coefficient (Wildman–Crippen LogP) is 3.62. The Hall–Kier alpha value is -1.57. The maximum absolute atomic E-state index is 12.7. The lowest BCUT2D eigenvalue weighted by Gasteiger charge is -2.28. The molecule has 1 aromatic heterocycles. The summed E-state index contributed by atoms with van der Waals surface area (Å²) in [7, 11) is -3.07. The number of hydrogen-bond acceptors (Lipinski definition) is 4. The van der Waals surface area contributed by atoms with Crippen LogP contribution in [0.25, 0.3) is 0 Å². The molecule has 1 saturated heterocycles. The SMILES string of the molecule is O=C(Nc1ccc(Cl)cc1)N(Cc1cccs1)C1CCS(=O)(=O)C1. The Labute approximate surface area is 150 Å². The van der Waals surface area contributed by atoms with Crippen molar-refractivity contribution in [1.29, 1.82) is 0 Å². The van der Waals surface area contributed by atoms with Gasteiger partial charge in [-0.25, -0.2) is 13.2 Å². The molecule has 0 saturated carbocycles.